The second-order valence-corrected chi connectivity index (χ2v) is 30.3. The van der Waals surface area contributed by atoms with Gasteiger partial charge in [-0.15, -0.1) is 0 Å². The highest BCUT2D eigenvalue weighted by molar-refractivity contribution is 5.80. The molecule has 0 aromatic heterocycles. The standard InChI is InChI=1S/C79H135N9O27/c1-50-53(4)73(85-56(7)89)76(113-63(50)44-110-59(10)92)107-38-18-14-25-62(95)24-13-17-33-80-68(98)30-41-104-47-79(88-71(101)28-21-29-72(102)103,48-105-42-31-69(99)83-36-22-34-81-66(96)26-15-19-39-108-77-74(86-57(8)90)54(5)51(2)64(114-77)45-111-60(11)93)49-106-43-32-70(100)84-37-23-35-82-67(97)27-16-20-40-109-78-75(87-58(9)91)55(6)52(3)65(115-78)46-112-61(12)94/h50-55,63-65,73-78H,13-49H2,1-12H3,(H,80,98)(H,81,96)(H,82,97)(H,83,99)(H,84,100)(H,85,89)(H,86,90)(H,87,91)(H,88,101)(H,102,103). The van der Waals surface area contributed by atoms with Crippen molar-refractivity contribution in [2.45, 2.75) is 272 Å². The van der Waals surface area contributed by atoms with E-state index in [0.29, 0.717) is 77.0 Å². The molecule has 36 heteroatoms. The molecule has 0 aromatic carbocycles. The molecule has 658 valence electrons. The van der Waals surface area contributed by atoms with Crippen LogP contribution in [-0.4, -0.2) is 261 Å². The number of esters is 3. The Morgan fingerprint density at radius 3 is 0.913 bits per heavy atom. The molecule has 3 heterocycles. The lowest BCUT2D eigenvalue weighted by Gasteiger charge is -2.44. The fourth-order valence-electron chi connectivity index (χ4n) is 13.2. The van der Waals surface area contributed by atoms with Gasteiger partial charge in [-0.05, 0) is 106 Å². The second kappa shape index (κ2) is 57.5. The molecule has 15 atom stereocenters. The van der Waals surface area contributed by atoms with Crippen LogP contribution < -0.4 is 47.9 Å². The molecule has 9 amide bonds. The molecule has 3 aliphatic heterocycles. The number of unbranched alkanes of at least 4 members (excludes halogenated alkanes) is 4. The van der Waals surface area contributed by atoms with Gasteiger partial charge in [-0.2, -0.15) is 0 Å². The minimum absolute atomic E-state index is 0.00504. The molecule has 0 aromatic rings. The number of ketones is 1. The van der Waals surface area contributed by atoms with Crippen LogP contribution in [0.2, 0.25) is 0 Å². The lowest BCUT2D eigenvalue weighted by atomic mass is 9.82. The zero-order valence-corrected chi connectivity index (χ0v) is 69.9. The third-order valence-corrected chi connectivity index (χ3v) is 20.5. The number of carbonyl (C=O) groups excluding carboxylic acids is 13. The van der Waals surface area contributed by atoms with Crippen LogP contribution in [0.5, 0.6) is 0 Å². The summed E-state index contributed by atoms with van der Waals surface area (Å²) in [5.41, 5.74) is -1.49. The normalized spacial score (nSPS) is 23.6. The van der Waals surface area contributed by atoms with E-state index in [0.717, 1.165) is 0 Å². The van der Waals surface area contributed by atoms with Crippen LogP contribution in [0.1, 0.15) is 212 Å². The first-order chi connectivity index (χ1) is 54.7. The van der Waals surface area contributed by atoms with Gasteiger partial charge in [-0.25, -0.2) is 0 Å². The Morgan fingerprint density at radius 1 is 0.322 bits per heavy atom. The number of amides is 9. The quantitative estimate of drug-likeness (QED) is 0.0237. The molecular weight excluding hydrogens is 1510 g/mol. The number of nitrogens with one attached hydrogen (secondary N) is 9. The van der Waals surface area contributed by atoms with Gasteiger partial charge in [-0.3, -0.25) is 67.1 Å². The van der Waals surface area contributed by atoms with Crippen LogP contribution in [0.25, 0.3) is 0 Å². The van der Waals surface area contributed by atoms with Crippen molar-refractivity contribution in [3.05, 3.63) is 0 Å². The van der Waals surface area contributed by atoms with Gasteiger partial charge in [0.25, 0.3) is 0 Å². The van der Waals surface area contributed by atoms with Gasteiger partial charge in [-0.1, -0.05) is 41.5 Å². The monoisotopic (exact) mass is 1640 g/mol. The van der Waals surface area contributed by atoms with Crippen LogP contribution >= 0.6 is 0 Å². The number of ether oxygens (including phenoxy) is 12. The number of rotatable bonds is 60. The first kappa shape index (κ1) is 102. The average molecular weight is 1640 g/mol. The highest BCUT2D eigenvalue weighted by atomic mass is 16.7. The summed E-state index contributed by atoms with van der Waals surface area (Å²) in [6, 6.07) is -1.30. The molecule has 0 bridgehead atoms. The maximum atomic E-state index is 13.6. The fourth-order valence-corrected chi connectivity index (χ4v) is 13.2. The first-order valence-corrected chi connectivity index (χ1v) is 40.8. The molecule has 3 saturated heterocycles. The van der Waals surface area contributed by atoms with E-state index >= 15 is 0 Å². The minimum atomic E-state index is -1.49. The molecule has 10 N–H and O–H groups in total. The van der Waals surface area contributed by atoms with E-state index in [1.165, 1.54) is 41.5 Å². The summed E-state index contributed by atoms with van der Waals surface area (Å²) in [6.07, 6.45) is 1.56. The second-order valence-electron chi connectivity index (χ2n) is 30.3. The van der Waals surface area contributed by atoms with Gasteiger partial charge in [0.2, 0.25) is 53.2 Å². The van der Waals surface area contributed by atoms with Gasteiger partial charge >= 0.3 is 23.9 Å². The SMILES string of the molecule is CC(=O)NC1C(OCCCCC(=O)CCCCNC(=O)CCOCC(COCCC(=O)NCCCNC(=O)CCCCOC2OC(COC(C)=O)C(C)C(C)C2NC(C)=O)(COCCC(=O)NCCCNC(=O)CCCCOC2OC(COC(C)=O)C(C)C(C)C2NC(C)=O)NC(=O)CCCC(=O)O)OC(COC(C)=O)C(C)C1C. The molecule has 0 aliphatic carbocycles. The fraction of sp³-hybridized carbons (Fsp3) is 0.823. The summed E-state index contributed by atoms with van der Waals surface area (Å²) in [6.45, 7) is 20.9. The van der Waals surface area contributed by atoms with E-state index in [2.05, 4.69) is 47.9 Å². The van der Waals surface area contributed by atoms with Crippen molar-refractivity contribution in [2.75, 3.05) is 112 Å². The third kappa shape index (κ3) is 44.0. The molecule has 0 radical (unpaired) electrons. The minimum Gasteiger partial charge on any atom is -0.481 e. The van der Waals surface area contributed by atoms with E-state index in [9.17, 15) is 72.2 Å². The van der Waals surface area contributed by atoms with Gasteiger partial charge in [0.05, 0.1) is 76.1 Å². The van der Waals surface area contributed by atoms with Crippen molar-refractivity contribution < 1.29 is 129 Å². The first-order valence-electron chi connectivity index (χ1n) is 40.8. The molecule has 15 unspecified atom stereocenters. The Bertz CT molecular complexity index is 2720. The predicted octanol–water partition coefficient (Wildman–Crippen LogP) is 3.17. The van der Waals surface area contributed by atoms with Gasteiger partial charge in [0.1, 0.15) is 31.1 Å². The van der Waals surface area contributed by atoms with Crippen molar-refractivity contribution >= 4 is 82.8 Å². The van der Waals surface area contributed by atoms with Gasteiger partial charge in [0.15, 0.2) is 18.9 Å². The lowest BCUT2D eigenvalue weighted by molar-refractivity contribution is -0.244. The summed E-state index contributed by atoms with van der Waals surface area (Å²) >= 11 is 0. The van der Waals surface area contributed by atoms with E-state index in [4.69, 9.17) is 56.8 Å². The van der Waals surface area contributed by atoms with Crippen molar-refractivity contribution in [2.24, 2.45) is 35.5 Å². The van der Waals surface area contributed by atoms with E-state index in [1.54, 1.807) is 0 Å². The van der Waals surface area contributed by atoms with Crippen LogP contribution in [-0.2, 0) is 124 Å². The number of hydrogen-bond acceptors (Lipinski definition) is 26. The molecule has 3 rings (SSSR count). The molecule has 36 nitrogen and oxygen atoms in total. The Morgan fingerprint density at radius 2 is 0.609 bits per heavy atom. The van der Waals surface area contributed by atoms with E-state index in [-0.39, 0.29) is 252 Å². The van der Waals surface area contributed by atoms with E-state index in [1.807, 2.05) is 41.5 Å². The third-order valence-electron chi connectivity index (χ3n) is 20.5. The Hall–Kier alpha value is -7.58. The Labute approximate surface area is 677 Å². The van der Waals surface area contributed by atoms with Crippen LogP contribution in [0.3, 0.4) is 0 Å². The predicted molar refractivity (Wildman–Crippen MR) is 415 cm³/mol. The van der Waals surface area contributed by atoms with Crippen molar-refractivity contribution in [1.29, 1.82) is 0 Å². The molecular formula is C79H135N9O27. The van der Waals surface area contributed by atoms with Gasteiger partial charge < -0.3 is 110 Å². The van der Waals surface area contributed by atoms with Crippen molar-refractivity contribution in [3.8, 4) is 0 Å². The molecule has 0 spiro atoms. The zero-order valence-electron chi connectivity index (χ0n) is 69.9. The summed E-state index contributed by atoms with van der Waals surface area (Å²) in [5, 5.41) is 35.1. The van der Waals surface area contributed by atoms with E-state index < -0.39 is 90.6 Å². The van der Waals surface area contributed by atoms with Crippen molar-refractivity contribution in [3.63, 3.8) is 0 Å². The average Bonchev–Trinajstić information content (AvgIpc) is 0.816. The van der Waals surface area contributed by atoms with Crippen LogP contribution in [0, 0.1) is 35.5 Å². The smallest absolute Gasteiger partial charge is 0.303 e. The molecule has 3 fully saturated rings. The topological polar surface area (TPSA) is 478 Å². The largest absolute Gasteiger partial charge is 0.481 e. The highest BCUT2D eigenvalue weighted by Gasteiger charge is 2.46. The van der Waals surface area contributed by atoms with Crippen LogP contribution in [0.4, 0.5) is 0 Å². The van der Waals surface area contributed by atoms with Gasteiger partial charge in [0, 0.05) is 152 Å². The maximum Gasteiger partial charge on any atom is 0.303 e. The maximum absolute atomic E-state index is 13.6. The number of aliphatic carboxylic acids is 1. The Balaban J connectivity index is 1.52. The van der Waals surface area contributed by atoms with Crippen LogP contribution in [0.15, 0.2) is 0 Å². The number of Topliss-reactive ketones (excluding diaryl/α,β-unsaturated/α-hetero) is 1. The van der Waals surface area contributed by atoms with Crippen molar-refractivity contribution in [1.82, 2.24) is 47.9 Å². The number of hydrogen-bond donors (Lipinski definition) is 10. The number of carbonyl (C=O) groups is 14. The number of carboxylic acid groups (broad SMARTS) is 1. The molecule has 0 saturated carbocycles. The number of carboxylic acids is 1. The summed E-state index contributed by atoms with van der Waals surface area (Å²) < 4.78 is 70.3. The highest BCUT2D eigenvalue weighted by Crippen LogP contribution is 2.35. The summed E-state index contributed by atoms with van der Waals surface area (Å²) in [5.74, 6) is -5.41. The lowest BCUT2D eigenvalue weighted by Crippen LogP contribution is -2.58. The summed E-state index contributed by atoms with van der Waals surface area (Å²) in [4.78, 5) is 173. The Kier molecular flexibility index (Phi) is 50.8. The zero-order chi connectivity index (χ0) is 85.3. The molecule has 115 heavy (non-hydrogen) atoms. The summed E-state index contributed by atoms with van der Waals surface area (Å²) in [7, 11) is 0. The molecule has 3 aliphatic rings.